The number of pyridine rings is 1. The lowest BCUT2D eigenvalue weighted by Gasteiger charge is -2.44. The molecule has 1 aromatic heterocycles. The number of carboxylic acid groups (broad SMARTS) is 1. The van der Waals surface area contributed by atoms with Gasteiger partial charge in [0, 0.05) is 38.0 Å². The molecule has 0 aliphatic carbocycles. The molecule has 2 aliphatic heterocycles. The average molecular weight is 433 g/mol. The molecule has 8 heteroatoms. The minimum Gasteiger partial charge on any atom is -0.492 e. The van der Waals surface area contributed by atoms with Gasteiger partial charge < -0.3 is 14.6 Å². The highest BCUT2D eigenvalue weighted by molar-refractivity contribution is 6.32. The second-order valence-corrected chi connectivity index (χ2v) is 8.77. The van der Waals surface area contributed by atoms with Gasteiger partial charge in [-0.25, -0.2) is 4.79 Å². The van der Waals surface area contributed by atoms with Gasteiger partial charge in [0.1, 0.15) is 11.3 Å². The van der Waals surface area contributed by atoms with Crippen molar-refractivity contribution in [2.75, 3.05) is 25.3 Å². The second-order valence-electron chi connectivity index (χ2n) is 8.36. The summed E-state index contributed by atoms with van der Waals surface area (Å²) in [5.41, 5.74) is 1.53. The Morgan fingerprint density at radius 2 is 2.07 bits per heavy atom. The van der Waals surface area contributed by atoms with Crippen molar-refractivity contribution in [1.29, 1.82) is 0 Å². The Bertz CT molecular complexity index is 1060. The predicted molar refractivity (Wildman–Crippen MR) is 114 cm³/mol. The first-order valence-electron chi connectivity index (χ1n) is 10.00. The molecule has 0 unspecified atom stereocenters. The monoisotopic (exact) mass is 432 g/mol. The first kappa shape index (κ1) is 20.8. The largest absolute Gasteiger partial charge is 0.492 e. The first-order valence-corrected chi connectivity index (χ1v) is 10.4. The smallest absolute Gasteiger partial charge is 0.341 e. The predicted octanol–water partition coefficient (Wildman–Crippen LogP) is 3.85. The Hall–Kier alpha value is -2.51. The maximum absolute atomic E-state index is 12.5. The topological polar surface area (TPSA) is 81.0 Å². The number of fused-ring (bicyclic) bond motifs is 6. The van der Waals surface area contributed by atoms with E-state index in [1.54, 1.807) is 7.11 Å². The Kier molecular flexibility index (Phi) is 5.28. The molecule has 7 nitrogen and oxygen atoms in total. The van der Waals surface area contributed by atoms with E-state index in [9.17, 15) is 14.7 Å². The van der Waals surface area contributed by atoms with Crippen LogP contribution in [0.25, 0.3) is 11.3 Å². The molecule has 1 atom stereocenters. The van der Waals surface area contributed by atoms with Crippen molar-refractivity contribution < 1.29 is 19.4 Å². The lowest BCUT2D eigenvalue weighted by molar-refractivity contribution is 0.0694. The van der Waals surface area contributed by atoms with Gasteiger partial charge in [0.2, 0.25) is 0 Å². The van der Waals surface area contributed by atoms with Crippen LogP contribution in [0.2, 0.25) is 5.02 Å². The number of halogens is 1. The molecule has 2 aliphatic rings. The Labute approximate surface area is 179 Å². The van der Waals surface area contributed by atoms with Crippen LogP contribution in [0.1, 0.15) is 55.1 Å². The van der Waals surface area contributed by atoms with E-state index >= 15 is 0 Å². The summed E-state index contributed by atoms with van der Waals surface area (Å²) in [7, 11) is 1.65. The van der Waals surface area contributed by atoms with E-state index in [1.807, 2.05) is 16.8 Å². The van der Waals surface area contributed by atoms with Gasteiger partial charge in [-0.15, -0.1) is 0 Å². The van der Waals surface area contributed by atoms with Crippen molar-refractivity contribution in [2.45, 2.75) is 44.7 Å². The highest BCUT2D eigenvalue weighted by Crippen LogP contribution is 2.49. The van der Waals surface area contributed by atoms with E-state index < -0.39 is 11.4 Å². The van der Waals surface area contributed by atoms with E-state index in [2.05, 4.69) is 18.9 Å². The van der Waals surface area contributed by atoms with Crippen LogP contribution in [0.3, 0.4) is 0 Å². The average Bonchev–Trinajstić information content (AvgIpc) is 3.01. The van der Waals surface area contributed by atoms with Crippen molar-refractivity contribution in [3.05, 3.63) is 50.8 Å². The third-order valence-electron chi connectivity index (χ3n) is 5.93. The van der Waals surface area contributed by atoms with Gasteiger partial charge in [-0.2, -0.15) is 0 Å². The summed E-state index contributed by atoms with van der Waals surface area (Å²) in [6.45, 7) is 5.34. The summed E-state index contributed by atoms with van der Waals surface area (Å²) in [6.07, 6.45) is 4.02. The Balaban J connectivity index is 1.86. The van der Waals surface area contributed by atoms with Gasteiger partial charge in [0.25, 0.3) is 0 Å². The van der Waals surface area contributed by atoms with Crippen LogP contribution >= 0.6 is 11.6 Å². The van der Waals surface area contributed by atoms with Gasteiger partial charge >= 0.3 is 5.97 Å². The van der Waals surface area contributed by atoms with Crippen molar-refractivity contribution in [1.82, 2.24) is 4.68 Å². The minimum absolute atomic E-state index is 0.0326. The minimum atomic E-state index is -1.23. The van der Waals surface area contributed by atoms with Crippen molar-refractivity contribution in [3.8, 4) is 17.0 Å². The number of hydrogen-bond donors (Lipinski definition) is 1. The highest BCUT2D eigenvalue weighted by Gasteiger charge is 2.45. The Morgan fingerprint density at radius 3 is 2.77 bits per heavy atom. The van der Waals surface area contributed by atoms with Crippen molar-refractivity contribution >= 4 is 17.6 Å². The van der Waals surface area contributed by atoms with E-state index in [4.69, 9.17) is 21.1 Å². The van der Waals surface area contributed by atoms with Crippen molar-refractivity contribution in [3.63, 3.8) is 0 Å². The maximum atomic E-state index is 12.5. The zero-order valence-electron chi connectivity index (χ0n) is 17.3. The zero-order chi connectivity index (χ0) is 21.6. The molecule has 30 heavy (non-hydrogen) atoms. The van der Waals surface area contributed by atoms with Crippen LogP contribution in [0.15, 0.2) is 29.2 Å². The molecule has 0 saturated carbocycles. The molecule has 4 rings (SSSR count). The third-order valence-corrected chi connectivity index (χ3v) is 6.22. The van der Waals surface area contributed by atoms with Crippen LogP contribution in [0.5, 0.6) is 5.75 Å². The van der Waals surface area contributed by atoms with E-state index in [-0.39, 0.29) is 17.1 Å². The number of methoxy groups -OCH3 is 1. The van der Waals surface area contributed by atoms with Gasteiger partial charge in [-0.1, -0.05) is 11.6 Å². The lowest BCUT2D eigenvalue weighted by Crippen LogP contribution is -2.50. The van der Waals surface area contributed by atoms with Gasteiger partial charge in [-0.3, -0.25) is 14.5 Å². The third kappa shape index (κ3) is 3.36. The van der Waals surface area contributed by atoms with Gasteiger partial charge in [0.05, 0.1) is 28.9 Å². The van der Waals surface area contributed by atoms with Crippen LogP contribution in [0, 0.1) is 0 Å². The molecule has 0 bridgehead atoms. The molecule has 0 radical (unpaired) electrons. The summed E-state index contributed by atoms with van der Waals surface area (Å²) >= 11 is 6.51. The molecule has 160 valence electrons. The molecule has 1 aromatic carbocycles. The molecular weight excluding hydrogens is 408 g/mol. The fraction of sp³-hybridized carbons (Fsp3) is 0.455. The fourth-order valence-corrected chi connectivity index (χ4v) is 4.72. The number of aromatic carboxylic acids is 1. The summed E-state index contributed by atoms with van der Waals surface area (Å²) in [6, 6.07) is 5.20. The summed E-state index contributed by atoms with van der Waals surface area (Å²) in [5.74, 6) is -0.624. The molecular formula is C22H25ClN2O5. The molecule has 0 spiro atoms. The van der Waals surface area contributed by atoms with Crippen LogP contribution in [-0.4, -0.2) is 41.6 Å². The number of hydrogen-bond acceptors (Lipinski definition) is 5. The maximum Gasteiger partial charge on any atom is 0.341 e. The van der Waals surface area contributed by atoms with E-state index in [0.717, 1.165) is 30.4 Å². The second kappa shape index (κ2) is 7.63. The van der Waals surface area contributed by atoms with Crippen molar-refractivity contribution in [2.24, 2.45) is 0 Å². The molecule has 3 heterocycles. The molecule has 1 saturated heterocycles. The standard InChI is InChI=1S/C22H25ClN2O5/c1-22(2)6-5-17-14-10-20(30-8-4-7-29-3)16(23)9-13(14)18-11-19(26)15(21(27)28)12-24(18)25(17)22/h9-12,17H,4-8H2,1-3H3,(H,27,28)/t17-/m1/s1. The fourth-order valence-electron chi connectivity index (χ4n) is 4.50. The summed E-state index contributed by atoms with van der Waals surface area (Å²) < 4.78 is 12.8. The Morgan fingerprint density at radius 1 is 1.30 bits per heavy atom. The lowest BCUT2D eigenvalue weighted by atomic mass is 9.94. The normalized spacial score (nSPS) is 18.5. The van der Waals surface area contributed by atoms with Gasteiger partial charge in [-0.05, 0) is 44.4 Å². The number of ether oxygens (including phenoxy) is 2. The van der Waals surface area contributed by atoms with Gasteiger partial charge in [0.15, 0.2) is 5.43 Å². The summed E-state index contributed by atoms with van der Waals surface area (Å²) in [5, 5.41) is 12.1. The SMILES string of the molecule is COCCCOc1cc2c(cc1Cl)-c1cc(=O)c(C(=O)O)cn1N1[C@@H]2CCC1(C)C. The highest BCUT2D eigenvalue weighted by atomic mass is 35.5. The molecule has 2 aromatic rings. The number of benzene rings is 1. The first-order chi connectivity index (χ1) is 14.2. The number of carbonyl (C=O) groups is 1. The van der Waals surface area contributed by atoms with E-state index in [0.29, 0.717) is 29.7 Å². The van der Waals surface area contributed by atoms with Crippen LogP contribution in [0.4, 0.5) is 0 Å². The number of aromatic nitrogens is 1. The summed E-state index contributed by atoms with van der Waals surface area (Å²) in [4.78, 5) is 24.0. The number of rotatable bonds is 6. The van der Waals surface area contributed by atoms with E-state index in [1.165, 1.54) is 12.3 Å². The molecule has 0 amide bonds. The quantitative estimate of drug-likeness (QED) is 0.698. The zero-order valence-corrected chi connectivity index (χ0v) is 18.0. The molecule has 1 N–H and O–H groups in total. The van der Waals surface area contributed by atoms with Crippen LogP contribution < -0.4 is 15.2 Å². The van der Waals surface area contributed by atoms with Crippen LogP contribution in [-0.2, 0) is 4.74 Å². The number of carboxylic acids is 1. The molecule has 1 fully saturated rings. The number of nitrogens with zero attached hydrogens (tertiary/aromatic N) is 2.